The molecule has 1 aliphatic rings. The van der Waals surface area contributed by atoms with Crippen LogP contribution in [-0.2, 0) is 0 Å². The highest BCUT2D eigenvalue weighted by Gasteiger charge is 2.23. The molecule has 0 bridgehead atoms. The van der Waals surface area contributed by atoms with Gasteiger partial charge < -0.3 is 10.5 Å². The van der Waals surface area contributed by atoms with Crippen LogP contribution < -0.4 is 10.5 Å². The van der Waals surface area contributed by atoms with Gasteiger partial charge in [0, 0.05) is 16.8 Å². The van der Waals surface area contributed by atoms with Crippen LogP contribution >= 0.6 is 0 Å². The van der Waals surface area contributed by atoms with Gasteiger partial charge in [-0.25, -0.2) is 0 Å². The number of benzene rings is 2. The Morgan fingerprint density at radius 2 is 1.79 bits per heavy atom. The van der Waals surface area contributed by atoms with Crippen molar-refractivity contribution < 1.29 is 9.53 Å². The molecule has 3 heteroatoms. The monoisotopic (exact) mass is 253 g/mol. The van der Waals surface area contributed by atoms with Crippen LogP contribution in [0.15, 0.2) is 48.5 Å². The van der Waals surface area contributed by atoms with Crippen LogP contribution in [0.4, 0.5) is 5.69 Å². The first kappa shape index (κ1) is 11.8. The third kappa shape index (κ3) is 2.76. The molecule has 0 saturated heterocycles. The van der Waals surface area contributed by atoms with Crippen molar-refractivity contribution in [1.29, 1.82) is 0 Å². The van der Waals surface area contributed by atoms with Crippen LogP contribution in [0, 0.1) is 0 Å². The number of nitrogens with two attached hydrogens (primary N) is 1. The summed E-state index contributed by atoms with van der Waals surface area (Å²) in [6.45, 7) is 0. The van der Waals surface area contributed by atoms with Crippen molar-refractivity contribution >= 4 is 11.5 Å². The van der Waals surface area contributed by atoms with Gasteiger partial charge in [-0.1, -0.05) is 12.1 Å². The lowest BCUT2D eigenvalue weighted by atomic mass is 10.0. The lowest BCUT2D eigenvalue weighted by Gasteiger charge is -2.06. The van der Waals surface area contributed by atoms with Crippen LogP contribution in [-0.4, -0.2) is 11.9 Å². The molecule has 1 saturated carbocycles. The van der Waals surface area contributed by atoms with Crippen molar-refractivity contribution in [2.24, 2.45) is 0 Å². The predicted octanol–water partition coefficient (Wildman–Crippen LogP) is 3.04. The molecule has 0 spiro atoms. The fourth-order valence-electron chi connectivity index (χ4n) is 1.89. The van der Waals surface area contributed by atoms with E-state index >= 15 is 0 Å². The van der Waals surface area contributed by atoms with E-state index in [0.717, 1.165) is 18.6 Å². The van der Waals surface area contributed by atoms with Gasteiger partial charge in [0.15, 0.2) is 5.78 Å². The summed E-state index contributed by atoms with van der Waals surface area (Å²) in [5, 5.41) is 0. The molecule has 0 heterocycles. The van der Waals surface area contributed by atoms with E-state index in [2.05, 4.69) is 0 Å². The van der Waals surface area contributed by atoms with Gasteiger partial charge in [0.25, 0.3) is 0 Å². The van der Waals surface area contributed by atoms with Crippen molar-refractivity contribution in [3.05, 3.63) is 59.7 Å². The Morgan fingerprint density at radius 3 is 2.47 bits per heavy atom. The Bertz CT molecular complexity index is 600. The van der Waals surface area contributed by atoms with E-state index in [0.29, 0.717) is 22.9 Å². The molecule has 0 unspecified atom stereocenters. The molecule has 0 radical (unpaired) electrons. The molecule has 2 aromatic carbocycles. The summed E-state index contributed by atoms with van der Waals surface area (Å²) in [6.07, 6.45) is 2.55. The third-order valence-electron chi connectivity index (χ3n) is 3.10. The van der Waals surface area contributed by atoms with E-state index in [9.17, 15) is 4.79 Å². The second kappa shape index (κ2) is 4.76. The zero-order valence-electron chi connectivity index (χ0n) is 10.5. The molecular weight excluding hydrogens is 238 g/mol. The molecule has 0 aliphatic heterocycles. The lowest BCUT2D eigenvalue weighted by Crippen LogP contribution is -2.03. The number of hydrogen-bond donors (Lipinski definition) is 1. The minimum absolute atomic E-state index is 0.0127. The molecule has 96 valence electrons. The van der Waals surface area contributed by atoms with Gasteiger partial charge in [-0.3, -0.25) is 4.79 Å². The first-order chi connectivity index (χ1) is 9.22. The predicted molar refractivity (Wildman–Crippen MR) is 74.4 cm³/mol. The van der Waals surface area contributed by atoms with E-state index in [1.165, 1.54) is 0 Å². The molecular formula is C16H15NO2. The number of anilines is 1. The number of hydrogen-bond acceptors (Lipinski definition) is 3. The van der Waals surface area contributed by atoms with Gasteiger partial charge in [-0.05, 0) is 49.2 Å². The van der Waals surface area contributed by atoms with Gasteiger partial charge in [0.1, 0.15) is 5.75 Å². The lowest BCUT2D eigenvalue weighted by molar-refractivity contribution is 0.103. The molecule has 1 aliphatic carbocycles. The van der Waals surface area contributed by atoms with Gasteiger partial charge in [-0.15, -0.1) is 0 Å². The molecule has 0 amide bonds. The minimum Gasteiger partial charge on any atom is -0.490 e. The van der Waals surface area contributed by atoms with Crippen LogP contribution in [0.3, 0.4) is 0 Å². The van der Waals surface area contributed by atoms with E-state index < -0.39 is 0 Å². The van der Waals surface area contributed by atoms with Crippen molar-refractivity contribution in [2.45, 2.75) is 18.9 Å². The van der Waals surface area contributed by atoms with Crippen molar-refractivity contribution in [1.82, 2.24) is 0 Å². The molecule has 19 heavy (non-hydrogen) atoms. The number of ether oxygens (including phenoxy) is 1. The Morgan fingerprint density at radius 1 is 1.05 bits per heavy atom. The molecule has 3 rings (SSSR count). The summed E-state index contributed by atoms with van der Waals surface area (Å²) in [6, 6.07) is 14.3. The number of carbonyl (C=O) groups is 1. The Labute approximate surface area is 112 Å². The highest BCUT2D eigenvalue weighted by atomic mass is 16.5. The van der Waals surface area contributed by atoms with Gasteiger partial charge in [0.05, 0.1) is 6.10 Å². The highest BCUT2D eigenvalue weighted by molar-refractivity contribution is 6.09. The standard InChI is InChI=1S/C16H15NO2/c17-13-6-4-11(5-7-13)16(18)12-2-1-3-15(10-12)19-14-8-9-14/h1-7,10,14H,8-9,17H2. The topological polar surface area (TPSA) is 52.3 Å². The normalized spacial score (nSPS) is 14.1. The quantitative estimate of drug-likeness (QED) is 0.673. The largest absolute Gasteiger partial charge is 0.490 e. The second-order valence-electron chi connectivity index (χ2n) is 4.80. The Balaban J connectivity index is 1.84. The van der Waals surface area contributed by atoms with Crippen LogP contribution in [0.1, 0.15) is 28.8 Å². The summed E-state index contributed by atoms with van der Waals surface area (Å²) in [7, 11) is 0. The maximum atomic E-state index is 12.3. The third-order valence-corrected chi connectivity index (χ3v) is 3.10. The first-order valence-electron chi connectivity index (χ1n) is 6.39. The SMILES string of the molecule is Nc1ccc(C(=O)c2cccc(OC3CC3)c2)cc1. The molecule has 3 nitrogen and oxygen atoms in total. The Kier molecular flexibility index (Phi) is 2.95. The zero-order chi connectivity index (χ0) is 13.2. The summed E-state index contributed by atoms with van der Waals surface area (Å²) in [5.41, 5.74) is 7.55. The number of ketones is 1. The summed E-state index contributed by atoms with van der Waals surface area (Å²) in [5.74, 6) is 0.755. The van der Waals surface area contributed by atoms with Crippen LogP contribution in [0.25, 0.3) is 0 Å². The maximum Gasteiger partial charge on any atom is 0.193 e. The summed E-state index contributed by atoms with van der Waals surface area (Å²) < 4.78 is 5.70. The molecule has 0 aromatic heterocycles. The fourth-order valence-corrected chi connectivity index (χ4v) is 1.89. The number of carbonyl (C=O) groups excluding carboxylic acids is 1. The zero-order valence-corrected chi connectivity index (χ0v) is 10.5. The summed E-state index contributed by atoms with van der Waals surface area (Å²) >= 11 is 0. The van der Waals surface area contributed by atoms with Crippen LogP contribution in [0.2, 0.25) is 0 Å². The average Bonchev–Trinajstić information content (AvgIpc) is 3.23. The molecule has 2 aromatic rings. The second-order valence-corrected chi connectivity index (χ2v) is 4.80. The number of rotatable bonds is 4. The Hall–Kier alpha value is -2.29. The fraction of sp³-hybridized carbons (Fsp3) is 0.188. The van der Waals surface area contributed by atoms with Gasteiger partial charge >= 0.3 is 0 Å². The molecule has 0 atom stereocenters. The van der Waals surface area contributed by atoms with E-state index in [4.69, 9.17) is 10.5 Å². The van der Waals surface area contributed by atoms with Gasteiger partial charge in [0.2, 0.25) is 0 Å². The van der Waals surface area contributed by atoms with Crippen molar-refractivity contribution in [3.8, 4) is 5.75 Å². The molecule has 1 fully saturated rings. The minimum atomic E-state index is -0.0127. The van der Waals surface area contributed by atoms with Gasteiger partial charge in [-0.2, -0.15) is 0 Å². The van der Waals surface area contributed by atoms with Crippen LogP contribution in [0.5, 0.6) is 5.75 Å². The van der Waals surface area contributed by atoms with Crippen molar-refractivity contribution in [2.75, 3.05) is 5.73 Å². The highest BCUT2D eigenvalue weighted by Crippen LogP contribution is 2.27. The average molecular weight is 253 g/mol. The first-order valence-corrected chi connectivity index (χ1v) is 6.39. The summed E-state index contributed by atoms with van der Waals surface area (Å²) in [4.78, 5) is 12.3. The van der Waals surface area contributed by atoms with E-state index in [1.54, 1.807) is 36.4 Å². The van der Waals surface area contributed by atoms with E-state index in [-0.39, 0.29) is 5.78 Å². The maximum absolute atomic E-state index is 12.3. The van der Waals surface area contributed by atoms with E-state index in [1.807, 2.05) is 12.1 Å². The smallest absolute Gasteiger partial charge is 0.193 e. The van der Waals surface area contributed by atoms with Crippen molar-refractivity contribution in [3.63, 3.8) is 0 Å². The number of nitrogen functional groups attached to an aromatic ring is 1. The molecule has 2 N–H and O–H groups in total.